The summed E-state index contributed by atoms with van der Waals surface area (Å²) in [6, 6.07) is 0.167. The quantitative estimate of drug-likeness (QED) is 0.354. The average Bonchev–Trinajstić information content (AvgIpc) is 1.35. The van der Waals surface area contributed by atoms with E-state index in [1.165, 1.54) is 6.08 Å². The fourth-order valence-corrected chi connectivity index (χ4v) is 0.408. The van der Waals surface area contributed by atoms with E-state index in [0.29, 0.717) is 0 Å². The topological polar surface area (TPSA) is 39.8 Å². The molecule has 0 spiro atoms. The first-order valence-electron chi connectivity index (χ1n) is 1.70. The Hall–Kier alpha value is -0.123. The highest BCUT2D eigenvalue weighted by Gasteiger charge is 1.99. The third kappa shape index (κ3) is 3.88. The zero-order chi connectivity index (χ0) is 4.99. The molecule has 0 heterocycles. The molecule has 0 aliphatic heterocycles. The van der Waals surface area contributed by atoms with Crippen molar-refractivity contribution in [2.75, 3.05) is 0 Å². The molecule has 3 heteroatoms. The van der Waals surface area contributed by atoms with Crippen LogP contribution in [0.4, 0.5) is 0 Å². The molecule has 0 aromatic heterocycles. The highest BCUT2D eigenvalue weighted by atomic mass is 28.3. The average molecular weight is 102 g/mol. The summed E-state index contributed by atoms with van der Waals surface area (Å²) in [4.78, 5) is 19.3. The molecule has 0 aromatic rings. The fraction of sp³-hybridized carbons (Fsp3) is 0.333. The minimum atomic E-state index is -2.79. The van der Waals surface area contributed by atoms with Gasteiger partial charge < -0.3 is 0 Å². The first-order valence-corrected chi connectivity index (χ1v) is 3.46. The fourth-order valence-electron chi connectivity index (χ4n) is 0.136. The summed E-state index contributed by atoms with van der Waals surface area (Å²) in [5.41, 5.74) is 0. The standard InChI is InChI=1S/C3H6O2Si/c1-2-3-6(4)5/h2,6H,1,3H2. The van der Waals surface area contributed by atoms with Gasteiger partial charge in [-0.1, -0.05) is 6.08 Å². The molecule has 0 aliphatic carbocycles. The van der Waals surface area contributed by atoms with Crippen LogP contribution in [0, 0.1) is 0 Å². The molecule has 0 N–H and O–H groups in total. The first kappa shape index (κ1) is 5.88. The summed E-state index contributed by atoms with van der Waals surface area (Å²) >= 11 is 0. The molecule has 0 rings (SSSR count). The lowest BCUT2D eigenvalue weighted by molar-refractivity contribution is 0.287. The molecule has 2 radical (unpaired) electrons. The van der Waals surface area contributed by atoms with Crippen molar-refractivity contribution < 1.29 is 9.59 Å². The molecule has 0 fully saturated rings. The predicted molar refractivity (Wildman–Crippen MR) is 23.5 cm³/mol. The van der Waals surface area contributed by atoms with Gasteiger partial charge in [-0.05, 0) is 0 Å². The van der Waals surface area contributed by atoms with Gasteiger partial charge in [-0.15, -0.1) is 6.58 Å². The van der Waals surface area contributed by atoms with Gasteiger partial charge in [0.15, 0.2) is 0 Å². The van der Waals surface area contributed by atoms with Gasteiger partial charge in [0.05, 0.1) is 0 Å². The summed E-state index contributed by atoms with van der Waals surface area (Å²) in [6.45, 7) is 3.24. The van der Waals surface area contributed by atoms with Crippen molar-refractivity contribution in [1.29, 1.82) is 0 Å². The molecule has 0 bridgehead atoms. The maximum absolute atomic E-state index is 9.64. The van der Waals surface area contributed by atoms with Crippen molar-refractivity contribution in [2.24, 2.45) is 0 Å². The van der Waals surface area contributed by atoms with Crippen molar-refractivity contribution in [3.05, 3.63) is 12.7 Å². The number of rotatable bonds is 2. The van der Waals surface area contributed by atoms with Gasteiger partial charge in [-0.2, -0.15) is 0 Å². The molecule has 0 atom stereocenters. The van der Waals surface area contributed by atoms with E-state index < -0.39 is 9.28 Å². The Morgan fingerprint density at radius 3 is 2.17 bits per heavy atom. The third-order valence-electron chi connectivity index (χ3n) is 0.359. The second kappa shape index (κ2) is 3.08. The summed E-state index contributed by atoms with van der Waals surface area (Å²) in [7, 11) is -2.79. The second-order valence-corrected chi connectivity index (χ2v) is 2.28. The third-order valence-corrected chi connectivity index (χ3v) is 1.08. The van der Waals surface area contributed by atoms with Crippen LogP contribution in [0.15, 0.2) is 12.7 Å². The largest absolute Gasteiger partial charge is 0.396 e. The van der Waals surface area contributed by atoms with E-state index in [0.717, 1.165) is 0 Å². The molecule has 34 valence electrons. The van der Waals surface area contributed by atoms with E-state index in [-0.39, 0.29) is 6.04 Å². The van der Waals surface area contributed by atoms with Crippen molar-refractivity contribution in [2.45, 2.75) is 6.04 Å². The van der Waals surface area contributed by atoms with Gasteiger partial charge in [0.25, 0.3) is 0 Å². The van der Waals surface area contributed by atoms with Crippen LogP contribution in [0.25, 0.3) is 0 Å². The lowest BCUT2D eigenvalue weighted by Gasteiger charge is -1.80. The van der Waals surface area contributed by atoms with E-state index >= 15 is 0 Å². The van der Waals surface area contributed by atoms with E-state index in [1.54, 1.807) is 0 Å². The van der Waals surface area contributed by atoms with Crippen LogP contribution in [-0.2, 0) is 9.59 Å². The Bertz CT molecular complexity index is 44.1. The minimum absolute atomic E-state index is 0.167. The van der Waals surface area contributed by atoms with Crippen LogP contribution in [0.3, 0.4) is 0 Å². The zero-order valence-corrected chi connectivity index (χ0v) is 4.54. The van der Waals surface area contributed by atoms with E-state index in [2.05, 4.69) is 6.58 Å². The van der Waals surface area contributed by atoms with Crippen LogP contribution < -0.4 is 0 Å². The van der Waals surface area contributed by atoms with Crippen LogP contribution in [0.5, 0.6) is 0 Å². The zero-order valence-electron chi connectivity index (χ0n) is 3.39. The lowest BCUT2D eigenvalue weighted by Crippen LogP contribution is -2.02. The van der Waals surface area contributed by atoms with E-state index in [9.17, 15) is 9.59 Å². The van der Waals surface area contributed by atoms with Crippen molar-refractivity contribution >= 4 is 9.28 Å². The minimum Gasteiger partial charge on any atom is -0.261 e. The normalized spacial score (nSPS) is 9.17. The maximum Gasteiger partial charge on any atom is 0.396 e. The van der Waals surface area contributed by atoms with Gasteiger partial charge in [-0.25, -0.2) is 0 Å². The van der Waals surface area contributed by atoms with E-state index in [1.807, 2.05) is 0 Å². The molecule has 0 unspecified atom stereocenters. The van der Waals surface area contributed by atoms with Gasteiger partial charge in [0.2, 0.25) is 0 Å². The molecular formula is C3H6O2Si. The molecule has 0 aliphatic rings. The van der Waals surface area contributed by atoms with Gasteiger partial charge in [-0.3, -0.25) is 9.59 Å². The van der Waals surface area contributed by atoms with Crippen LogP contribution in [0.1, 0.15) is 0 Å². The number of hydrogen-bond donors (Lipinski definition) is 0. The molecule has 0 saturated heterocycles. The smallest absolute Gasteiger partial charge is 0.261 e. The lowest BCUT2D eigenvalue weighted by atomic mass is 10.8. The van der Waals surface area contributed by atoms with Crippen molar-refractivity contribution in [3.63, 3.8) is 0 Å². The Kier molecular flexibility index (Phi) is 3.02. The maximum atomic E-state index is 9.64. The number of hydrogen-bond acceptors (Lipinski definition) is 0. The SMILES string of the molecule is C=CC[SiH]([O])[O]. The summed E-state index contributed by atoms with van der Waals surface area (Å²) in [6.07, 6.45) is 1.39. The molecule has 6 heavy (non-hydrogen) atoms. The Morgan fingerprint density at radius 2 is 2.17 bits per heavy atom. The molecular weight excluding hydrogens is 96.1 g/mol. The highest BCUT2D eigenvalue weighted by Crippen LogP contribution is 1.82. The summed E-state index contributed by atoms with van der Waals surface area (Å²) < 4.78 is 0. The van der Waals surface area contributed by atoms with Gasteiger partial charge >= 0.3 is 9.28 Å². The second-order valence-electron chi connectivity index (χ2n) is 0.954. The molecule has 0 saturated carbocycles. The van der Waals surface area contributed by atoms with Crippen LogP contribution in [-0.4, -0.2) is 9.28 Å². The first-order chi connectivity index (χ1) is 2.77. The number of allylic oxidation sites excluding steroid dienone is 1. The monoisotopic (exact) mass is 102 g/mol. The predicted octanol–water partition coefficient (Wildman–Crippen LogP) is 0.254. The molecule has 0 aromatic carbocycles. The highest BCUT2D eigenvalue weighted by molar-refractivity contribution is 6.40. The Morgan fingerprint density at radius 1 is 1.67 bits per heavy atom. The van der Waals surface area contributed by atoms with Gasteiger partial charge in [0, 0.05) is 6.04 Å². The van der Waals surface area contributed by atoms with Crippen LogP contribution in [0.2, 0.25) is 6.04 Å². The van der Waals surface area contributed by atoms with Crippen molar-refractivity contribution in [1.82, 2.24) is 0 Å². The van der Waals surface area contributed by atoms with Crippen molar-refractivity contribution in [3.8, 4) is 0 Å². The summed E-state index contributed by atoms with van der Waals surface area (Å²) in [5.74, 6) is 0. The van der Waals surface area contributed by atoms with E-state index in [4.69, 9.17) is 0 Å². The van der Waals surface area contributed by atoms with Gasteiger partial charge in [0.1, 0.15) is 0 Å². The Balaban J connectivity index is 2.81. The summed E-state index contributed by atoms with van der Waals surface area (Å²) in [5, 5.41) is 0. The Labute approximate surface area is 38.6 Å². The van der Waals surface area contributed by atoms with Crippen LogP contribution >= 0.6 is 0 Å². The molecule has 0 amide bonds. The molecule has 2 nitrogen and oxygen atoms in total.